The van der Waals surface area contributed by atoms with Crippen LogP contribution >= 0.6 is 11.3 Å². The van der Waals surface area contributed by atoms with Gasteiger partial charge < -0.3 is 45.4 Å². The molecular formula is C60H71FN10O7S. The predicted octanol–water partition coefficient (Wildman–Crippen LogP) is 7.44. The molecule has 4 aliphatic heterocycles. The van der Waals surface area contributed by atoms with E-state index in [2.05, 4.69) is 48.6 Å². The number of nitrogens with one attached hydrogen (secondary N) is 3. The van der Waals surface area contributed by atoms with Gasteiger partial charge in [-0.3, -0.25) is 24.3 Å². The number of fused-ring (bicyclic) bond motifs is 4. The Bertz CT molecular complexity index is 3280. The number of amides is 3. The van der Waals surface area contributed by atoms with Gasteiger partial charge in [0.05, 0.1) is 45.8 Å². The highest BCUT2D eigenvalue weighted by Gasteiger charge is 2.45. The van der Waals surface area contributed by atoms with E-state index in [1.54, 1.807) is 35.7 Å². The minimum atomic E-state index is -0.957. The van der Waals surface area contributed by atoms with Gasteiger partial charge in [0.2, 0.25) is 17.7 Å². The van der Waals surface area contributed by atoms with Crippen molar-refractivity contribution in [3.05, 3.63) is 88.9 Å². The summed E-state index contributed by atoms with van der Waals surface area (Å²) in [5.74, 6) is 1.40. The van der Waals surface area contributed by atoms with E-state index in [1.807, 2.05) is 70.5 Å². The number of carbonyl (C=O) groups is 3. The number of hydrogen-bond acceptors (Lipinski definition) is 15. The van der Waals surface area contributed by atoms with Crippen LogP contribution in [0.5, 0.6) is 11.8 Å². The van der Waals surface area contributed by atoms with E-state index in [9.17, 15) is 24.6 Å². The van der Waals surface area contributed by atoms with Crippen molar-refractivity contribution in [1.82, 2.24) is 45.7 Å². The number of aliphatic hydroxyl groups is 1. The molecule has 0 radical (unpaired) electrons. The van der Waals surface area contributed by atoms with Gasteiger partial charge >= 0.3 is 6.01 Å². The Morgan fingerprint density at radius 3 is 2.53 bits per heavy atom. The number of halogens is 1. The topological polar surface area (TPSA) is 208 Å². The molecule has 10 rings (SSSR count). The maximum atomic E-state index is 17.2. The van der Waals surface area contributed by atoms with Crippen molar-refractivity contribution in [2.75, 3.05) is 57.4 Å². The average Bonchev–Trinajstić information content (AvgIpc) is 4.39. The van der Waals surface area contributed by atoms with Crippen molar-refractivity contribution in [1.29, 1.82) is 0 Å². The van der Waals surface area contributed by atoms with Gasteiger partial charge in [-0.05, 0) is 99.5 Å². The van der Waals surface area contributed by atoms with Crippen molar-refractivity contribution in [3.8, 4) is 45.8 Å². The zero-order valence-corrected chi connectivity index (χ0v) is 46.7. The molecule has 4 aliphatic rings. The Kier molecular flexibility index (Phi) is 16.2. The average molecular weight is 1100 g/mol. The summed E-state index contributed by atoms with van der Waals surface area (Å²) in [5.41, 5.74) is 4.61. The number of ether oxygens (including phenoxy) is 2. The highest BCUT2D eigenvalue weighted by molar-refractivity contribution is 7.13. The maximum absolute atomic E-state index is 17.2. The van der Waals surface area contributed by atoms with Crippen molar-refractivity contribution >= 4 is 56.6 Å². The number of thiazole rings is 1. The lowest BCUT2D eigenvalue weighted by Crippen LogP contribution is -2.58. The quantitative estimate of drug-likeness (QED) is 0.0419. The Morgan fingerprint density at radius 1 is 1.04 bits per heavy atom. The number of anilines is 1. The molecule has 4 fully saturated rings. The number of rotatable bonds is 18. The van der Waals surface area contributed by atoms with Gasteiger partial charge in [0.1, 0.15) is 41.5 Å². The second-order valence-electron chi connectivity index (χ2n) is 23.1. The number of piperazine rings is 1. The molecule has 0 saturated carbocycles. The fourth-order valence-electron chi connectivity index (χ4n) is 11.9. The Labute approximate surface area is 464 Å². The highest BCUT2D eigenvalue weighted by atomic mass is 32.1. The number of aromatic hydroxyl groups is 1. The van der Waals surface area contributed by atoms with Gasteiger partial charge in [-0.2, -0.15) is 9.97 Å². The molecule has 2 bridgehead atoms. The van der Waals surface area contributed by atoms with E-state index in [0.29, 0.717) is 65.8 Å². The van der Waals surface area contributed by atoms with E-state index in [0.717, 1.165) is 53.9 Å². The molecule has 17 nitrogen and oxygen atoms in total. The van der Waals surface area contributed by atoms with Crippen LogP contribution in [0.15, 0.2) is 66.3 Å². The molecule has 6 aromatic rings. The monoisotopic (exact) mass is 1090 g/mol. The number of nitrogens with zero attached hydrogens (tertiary/aromatic N) is 7. The van der Waals surface area contributed by atoms with Crippen LogP contribution in [0.1, 0.15) is 102 Å². The first-order chi connectivity index (χ1) is 37.9. The molecule has 7 heterocycles. The third kappa shape index (κ3) is 11.9. The standard InChI is InChI=1S/C60H71FN10O7S/c1-8-37-12-9-13-40-26-43(72)27-45(49(37)40)51-50(61)52-46(29-62-51)55(69-30-41-18-19-42(31-69)65-41)68-58(67-52)78-33-60(7)21-10-22-70(60)23-11-24-77-25-20-48(74)66-54(59(4,5)6)57(76)71-32-44(73)28-47(71)56(75)64-35(2)38-14-16-39(17-15-38)53-36(3)63-34-79-53/h1,9,12-17,26-27,29,34-35,41-42,44,47,54,65,72-73H,10-11,18-25,28,30-33H2,2-7H3,(H,64,75)(H,66,74)/t35-,41?,42?,44+,47-,54+,60-/m0/s1. The van der Waals surface area contributed by atoms with Crippen LogP contribution in [0, 0.1) is 30.5 Å². The fraction of sp³-hybridized carbons (Fsp3) is 0.483. The lowest BCUT2D eigenvalue weighted by molar-refractivity contribution is -0.144. The van der Waals surface area contributed by atoms with Crippen molar-refractivity contribution < 1.29 is 38.5 Å². The number of β-amino-alcohol motifs (C(OH)–C–C–N with tert-alkyl or cyclic N) is 1. The number of aryl methyl sites for hydroxylation is 1. The van der Waals surface area contributed by atoms with Crippen LogP contribution in [0.25, 0.3) is 43.4 Å². The highest BCUT2D eigenvalue weighted by Crippen LogP contribution is 2.40. The van der Waals surface area contributed by atoms with E-state index < -0.39 is 35.3 Å². The molecule has 7 atom stereocenters. The van der Waals surface area contributed by atoms with Crippen molar-refractivity contribution in [2.24, 2.45) is 5.41 Å². The third-order valence-electron chi connectivity index (χ3n) is 16.2. The van der Waals surface area contributed by atoms with Gasteiger partial charge in [-0.25, -0.2) is 9.37 Å². The van der Waals surface area contributed by atoms with Crippen LogP contribution in [-0.4, -0.2) is 146 Å². The molecule has 3 aromatic carbocycles. The molecule has 3 amide bonds. The van der Waals surface area contributed by atoms with Gasteiger partial charge in [-0.1, -0.05) is 63.1 Å². The maximum Gasteiger partial charge on any atom is 0.319 e. The van der Waals surface area contributed by atoms with Crippen LogP contribution in [0.4, 0.5) is 10.2 Å². The Hall–Kier alpha value is -6.82. The number of phenols is 1. The summed E-state index contributed by atoms with van der Waals surface area (Å²) in [6.07, 6.45) is 11.3. The largest absolute Gasteiger partial charge is 0.508 e. The molecule has 4 saturated heterocycles. The van der Waals surface area contributed by atoms with Crippen LogP contribution in [0.2, 0.25) is 0 Å². The number of likely N-dealkylation sites (tertiary alicyclic amines) is 2. The van der Waals surface area contributed by atoms with Crippen LogP contribution < -0.4 is 25.6 Å². The number of terminal acetylenes is 1. The Morgan fingerprint density at radius 2 is 1.81 bits per heavy atom. The lowest BCUT2D eigenvalue weighted by atomic mass is 9.85. The first-order valence-electron chi connectivity index (χ1n) is 27.5. The molecule has 2 unspecified atom stereocenters. The molecule has 3 aromatic heterocycles. The summed E-state index contributed by atoms with van der Waals surface area (Å²) in [6.45, 7) is 15.3. The summed E-state index contributed by atoms with van der Waals surface area (Å²) in [6, 6.07) is 14.8. The van der Waals surface area contributed by atoms with Gasteiger partial charge in [0, 0.05) is 80.4 Å². The van der Waals surface area contributed by atoms with Crippen LogP contribution in [-0.2, 0) is 19.1 Å². The predicted molar refractivity (Wildman–Crippen MR) is 303 cm³/mol. The molecule has 0 spiro atoms. The number of aromatic nitrogens is 4. The molecule has 0 aliphatic carbocycles. The molecule has 5 N–H and O–H groups in total. The minimum Gasteiger partial charge on any atom is -0.508 e. The van der Waals surface area contributed by atoms with E-state index in [-0.39, 0.29) is 91.0 Å². The molecular weight excluding hydrogens is 1020 g/mol. The smallest absolute Gasteiger partial charge is 0.319 e. The fourth-order valence-corrected chi connectivity index (χ4v) is 12.7. The number of carbonyl (C=O) groups excluding carboxylic acids is 3. The van der Waals surface area contributed by atoms with E-state index in [4.69, 9.17) is 25.9 Å². The number of aliphatic hydroxyl groups excluding tert-OH is 1. The number of benzene rings is 3. The number of phenolic OH excluding ortho intramolecular Hbond substituents is 1. The second-order valence-corrected chi connectivity index (χ2v) is 23.9. The Balaban J connectivity index is 0.741. The summed E-state index contributed by atoms with van der Waals surface area (Å²) in [7, 11) is 0. The second kappa shape index (κ2) is 23.1. The molecule has 416 valence electrons. The first kappa shape index (κ1) is 55.5. The zero-order valence-electron chi connectivity index (χ0n) is 45.9. The third-order valence-corrected chi connectivity index (χ3v) is 17.2. The van der Waals surface area contributed by atoms with Gasteiger partial charge in [-0.15, -0.1) is 17.8 Å². The van der Waals surface area contributed by atoms with Crippen molar-refractivity contribution in [2.45, 2.75) is 128 Å². The van der Waals surface area contributed by atoms with Gasteiger partial charge in [0.15, 0.2) is 5.82 Å². The SMILES string of the molecule is C#Cc1cccc2cc(O)cc(-c3ncc4c(N5CC6CCC(C5)N6)nc(OC[C@]5(C)CCCN5CCCOCCC(=O)N[C@H](C(=O)N5C[C@H](O)C[C@H]5C(=O)N[C@@H](C)c5ccc(-c6scnc6C)cc5)C(C)(C)C)nc4c3F)c12. The van der Waals surface area contributed by atoms with Crippen molar-refractivity contribution in [3.63, 3.8) is 0 Å². The zero-order chi connectivity index (χ0) is 55.8. The first-order valence-corrected chi connectivity index (χ1v) is 28.4. The van der Waals surface area contributed by atoms with Crippen LogP contribution in [0.3, 0.4) is 0 Å². The number of hydrogen-bond donors (Lipinski definition) is 5. The molecule has 19 heteroatoms. The summed E-state index contributed by atoms with van der Waals surface area (Å²) in [5, 5.41) is 32.9. The summed E-state index contributed by atoms with van der Waals surface area (Å²) >= 11 is 1.57. The molecule has 79 heavy (non-hydrogen) atoms. The number of pyridine rings is 1. The van der Waals surface area contributed by atoms with Gasteiger partial charge in [0.25, 0.3) is 0 Å². The summed E-state index contributed by atoms with van der Waals surface area (Å²) in [4.78, 5) is 67.2. The minimum absolute atomic E-state index is 0.00970. The summed E-state index contributed by atoms with van der Waals surface area (Å²) < 4.78 is 29.7. The van der Waals surface area contributed by atoms with E-state index >= 15 is 4.39 Å². The normalized spacial score (nSPS) is 22.1. The lowest BCUT2D eigenvalue weighted by Gasteiger charge is -2.35. The van der Waals surface area contributed by atoms with E-state index in [1.165, 1.54) is 11.0 Å².